The number of fused-ring (bicyclic) bond motifs is 2. The number of benzene rings is 1. The molecule has 1 saturated heterocycles. The first-order chi connectivity index (χ1) is 9.54. The molecule has 2 heterocycles. The monoisotopic (exact) mass is 311 g/mol. The molecular weight excluding hydrogens is 293 g/mol. The Balaban J connectivity index is 2.03. The van der Waals surface area contributed by atoms with E-state index in [2.05, 4.69) is 5.32 Å². The zero-order valence-electron chi connectivity index (χ0n) is 11.5. The SMILES string of the molecule is CC(O)CC1=C(c2ccc(Cl)c(Cl)c2)CC2CC[C@H]1N2. The summed E-state index contributed by atoms with van der Waals surface area (Å²) in [5.41, 5.74) is 3.83. The van der Waals surface area contributed by atoms with Crippen molar-refractivity contribution in [3.05, 3.63) is 39.4 Å². The van der Waals surface area contributed by atoms with Crippen LogP contribution in [0.5, 0.6) is 0 Å². The lowest BCUT2D eigenvalue weighted by molar-refractivity contribution is 0.192. The molecule has 4 heteroatoms. The van der Waals surface area contributed by atoms with E-state index in [4.69, 9.17) is 23.2 Å². The van der Waals surface area contributed by atoms with Gasteiger partial charge in [-0.25, -0.2) is 0 Å². The van der Waals surface area contributed by atoms with Crippen molar-refractivity contribution < 1.29 is 5.11 Å². The number of hydrogen-bond acceptors (Lipinski definition) is 2. The van der Waals surface area contributed by atoms with Crippen molar-refractivity contribution in [2.75, 3.05) is 0 Å². The fraction of sp³-hybridized carbons (Fsp3) is 0.500. The normalized spacial score (nSPS) is 27.0. The van der Waals surface area contributed by atoms with Crippen molar-refractivity contribution in [1.82, 2.24) is 5.32 Å². The van der Waals surface area contributed by atoms with Crippen LogP contribution in [0.25, 0.3) is 5.57 Å². The van der Waals surface area contributed by atoms with E-state index < -0.39 is 0 Å². The van der Waals surface area contributed by atoms with Gasteiger partial charge in [0.05, 0.1) is 16.1 Å². The second kappa shape index (κ2) is 5.69. The van der Waals surface area contributed by atoms with Gasteiger partial charge in [0.2, 0.25) is 0 Å². The van der Waals surface area contributed by atoms with Gasteiger partial charge in [-0.3, -0.25) is 0 Å². The molecule has 0 radical (unpaired) electrons. The van der Waals surface area contributed by atoms with Crippen molar-refractivity contribution in [2.24, 2.45) is 0 Å². The maximum absolute atomic E-state index is 9.79. The Hall–Kier alpha value is -0.540. The third-order valence-electron chi connectivity index (χ3n) is 4.28. The van der Waals surface area contributed by atoms with Crippen LogP contribution in [-0.2, 0) is 0 Å². The number of nitrogens with one attached hydrogen (secondary N) is 1. The van der Waals surface area contributed by atoms with Crippen LogP contribution in [0.2, 0.25) is 10.0 Å². The molecule has 20 heavy (non-hydrogen) atoms. The number of aliphatic hydroxyl groups is 1. The quantitative estimate of drug-likeness (QED) is 0.883. The summed E-state index contributed by atoms with van der Waals surface area (Å²) in [4.78, 5) is 0. The Morgan fingerprint density at radius 3 is 2.80 bits per heavy atom. The molecular formula is C16H19Cl2NO. The first kappa shape index (κ1) is 14.4. The van der Waals surface area contributed by atoms with E-state index in [0.717, 1.165) is 24.8 Å². The van der Waals surface area contributed by atoms with Crippen LogP contribution in [-0.4, -0.2) is 23.3 Å². The lowest BCUT2D eigenvalue weighted by Gasteiger charge is -2.29. The summed E-state index contributed by atoms with van der Waals surface area (Å²) in [7, 11) is 0. The minimum atomic E-state index is -0.318. The van der Waals surface area contributed by atoms with Crippen LogP contribution in [0, 0.1) is 0 Å². The molecule has 1 aromatic rings. The molecule has 2 unspecified atom stereocenters. The van der Waals surface area contributed by atoms with Gasteiger partial charge >= 0.3 is 0 Å². The Labute approximate surface area is 129 Å². The molecule has 0 amide bonds. The largest absolute Gasteiger partial charge is 0.393 e. The lowest BCUT2D eigenvalue weighted by Crippen LogP contribution is -2.36. The van der Waals surface area contributed by atoms with E-state index in [0.29, 0.717) is 22.1 Å². The average molecular weight is 312 g/mol. The molecule has 0 aliphatic carbocycles. The van der Waals surface area contributed by atoms with E-state index >= 15 is 0 Å². The van der Waals surface area contributed by atoms with Crippen LogP contribution >= 0.6 is 23.2 Å². The molecule has 0 saturated carbocycles. The minimum Gasteiger partial charge on any atom is -0.393 e. The first-order valence-corrected chi connectivity index (χ1v) is 7.91. The molecule has 2 aliphatic heterocycles. The Morgan fingerprint density at radius 2 is 2.10 bits per heavy atom. The smallest absolute Gasteiger partial charge is 0.0598 e. The summed E-state index contributed by atoms with van der Waals surface area (Å²) >= 11 is 12.2. The molecule has 108 valence electrons. The fourth-order valence-electron chi connectivity index (χ4n) is 3.41. The Kier molecular flexibility index (Phi) is 4.09. The van der Waals surface area contributed by atoms with Crippen molar-refractivity contribution >= 4 is 28.8 Å². The second-order valence-corrected chi connectivity index (χ2v) is 6.70. The van der Waals surface area contributed by atoms with E-state index in [9.17, 15) is 5.11 Å². The summed E-state index contributed by atoms with van der Waals surface area (Å²) in [6.07, 6.45) is 3.79. The zero-order chi connectivity index (χ0) is 14.3. The first-order valence-electron chi connectivity index (χ1n) is 7.16. The highest BCUT2D eigenvalue weighted by Gasteiger charge is 2.34. The summed E-state index contributed by atoms with van der Waals surface area (Å²) in [6.45, 7) is 1.85. The number of aliphatic hydroxyl groups excluding tert-OH is 1. The minimum absolute atomic E-state index is 0.318. The summed E-state index contributed by atoms with van der Waals surface area (Å²) in [6, 6.07) is 6.81. The van der Waals surface area contributed by atoms with Crippen molar-refractivity contribution in [3.8, 4) is 0 Å². The fourth-order valence-corrected chi connectivity index (χ4v) is 3.71. The summed E-state index contributed by atoms with van der Waals surface area (Å²) in [5, 5.41) is 14.6. The molecule has 0 aromatic heterocycles. The maximum Gasteiger partial charge on any atom is 0.0598 e. The van der Waals surface area contributed by atoms with Gasteiger partial charge in [0.15, 0.2) is 0 Å². The van der Waals surface area contributed by atoms with Crippen LogP contribution in [0.4, 0.5) is 0 Å². The van der Waals surface area contributed by atoms with E-state index in [1.165, 1.54) is 17.6 Å². The number of hydrogen-bond donors (Lipinski definition) is 2. The predicted octanol–water partition coefficient (Wildman–Crippen LogP) is 4.04. The number of halogens is 2. The molecule has 2 N–H and O–H groups in total. The van der Waals surface area contributed by atoms with E-state index in [-0.39, 0.29) is 6.10 Å². The molecule has 3 rings (SSSR count). The highest BCUT2D eigenvalue weighted by Crippen LogP contribution is 2.40. The zero-order valence-corrected chi connectivity index (χ0v) is 13.0. The van der Waals surface area contributed by atoms with E-state index in [1.54, 1.807) is 0 Å². The molecule has 2 aliphatic rings. The topological polar surface area (TPSA) is 32.3 Å². The number of rotatable bonds is 3. The van der Waals surface area contributed by atoms with Gasteiger partial charge in [-0.05, 0) is 61.4 Å². The Bertz CT molecular complexity index is 553. The molecule has 2 bridgehead atoms. The van der Waals surface area contributed by atoms with Crippen LogP contribution in [0.1, 0.15) is 38.2 Å². The van der Waals surface area contributed by atoms with Gasteiger partial charge in [0, 0.05) is 12.1 Å². The molecule has 1 aromatic carbocycles. The molecule has 0 spiro atoms. The summed E-state index contributed by atoms with van der Waals surface area (Å²) < 4.78 is 0. The molecule has 1 fully saturated rings. The lowest BCUT2D eigenvalue weighted by atomic mass is 9.87. The third-order valence-corrected chi connectivity index (χ3v) is 5.02. The van der Waals surface area contributed by atoms with Gasteiger partial charge < -0.3 is 10.4 Å². The van der Waals surface area contributed by atoms with Gasteiger partial charge in [-0.2, -0.15) is 0 Å². The Morgan fingerprint density at radius 1 is 1.30 bits per heavy atom. The van der Waals surface area contributed by atoms with Crippen LogP contribution in [0.15, 0.2) is 23.8 Å². The highest BCUT2D eigenvalue weighted by molar-refractivity contribution is 6.42. The van der Waals surface area contributed by atoms with Gasteiger partial charge in [-0.15, -0.1) is 0 Å². The highest BCUT2D eigenvalue weighted by atomic mass is 35.5. The van der Waals surface area contributed by atoms with Crippen LogP contribution < -0.4 is 5.32 Å². The van der Waals surface area contributed by atoms with Crippen molar-refractivity contribution in [3.63, 3.8) is 0 Å². The third kappa shape index (κ3) is 2.75. The van der Waals surface area contributed by atoms with Gasteiger partial charge in [0.25, 0.3) is 0 Å². The average Bonchev–Trinajstić information content (AvgIpc) is 2.79. The van der Waals surface area contributed by atoms with Crippen LogP contribution in [0.3, 0.4) is 0 Å². The standard InChI is InChI=1S/C16H19Cl2NO/c1-9(20)6-13-12(8-11-3-5-16(13)19-11)10-2-4-14(17)15(18)7-10/h2,4,7,9,11,16,19-20H,3,5-6,8H2,1H3/t9?,11?,16-/m1/s1. The van der Waals surface area contributed by atoms with E-state index in [1.807, 2.05) is 25.1 Å². The predicted molar refractivity (Wildman–Crippen MR) is 84.2 cm³/mol. The molecule has 2 nitrogen and oxygen atoms in total. The van der Waals surface area contributed by atoms with Crippen molar-refractivity contribution in [2.45, 2.75) is 50.8 Å². The van der Waals surface area contributed by atoms with Gasteiger partial charge in [0.1, 0.15) is 0 Å². The van der Waals surface area contributed by atoms with Crippen molar-refractivity contribution in [1.29, 1.82) is 0 Å². The van der Waals surface area contributed by atoms with Gasteiger partial charge in [-0.1, -0.05) is 29.3 Å². The second-order valence-electron chi connectivity index (χ2n) is 5.88. The molecule has 3 atom stereocenters. The maximum atomic E-state index is 9.79. The summed E-state index contributed by atoms with van der Waals surface area (Å²) in [5.74, 6) is 0.